The maximum absolute atomic E-state index is 6.14. The molecule has 0 aromatic heterocycles. The lowest BCUT2D eigenvalue weighted by molar-refractivity contribution is 0.479. The van der Waals surface area contributed by atoms with Gasteiger partial charge in [0, 0.05) is 0 Å². The van der Waals surface area contributed by atoms with E-state index in [2.05, 4.69) is 43.4 Å². The molecular weight excluding hydrogens is 294 g/mol. The Morgan fingerprint density at radius 2 is 1.54 bits per heavy atom. The van der Waals surface area contributed by atoms with Crippen molar-refractivity contribution < 1.29 is 4.74 Å². The van der Waals surface area contributed by atoms with E-state index < -0.39 is 0 Å². The molecule has 2 aromatic rings. The first-order chi connectivity index (χ1) is 11.8. The molecule has 0 unspecified atom stereocenters. The number of anilines is 2. The third-order valence-corrected chi connectivity index (χ3v) is 4.82. The molecule has 1 aliphatic rings. The number of hydrogen-bond acceptors (Lipinski definition) is 2. The molecule has 1 aliphatic heterocycles. The van der Waals surface area contributed by atoms with Gasteiger partial charge < -0.3 is 10.1 Å². The number of nitrogens with one attached hydrogen (secondary N) is 1. The summed E-state index contributed by atoms with van der Waals surface area (Å²) >= 11 is 0. The molecule has 24 heavy (non-hydrogen) atoms. The van der Waals surface area contributed by atoms with Crippen LogP contribution in [0.1, 0.15) is 63.5 Å². The van der Waals surface area contributed by atoms with Crippen LogP contribution >= 0.6 is 0 Å². The van der Waals surface area contributed by atoms with Crippen molar-refractivity contribution in [1.29, 1.82) is 0 Å². The lowest BCUT2D eigenvalue weighted by atomic mass is 9.94. The standard InChI is InChI=1S/C22H29NO/c1-3-5-7-11-17-15-16-21-22(18(17)12-8-6-4-2)23-19-13-9-10-14-20(19)24-21/h9-10,13-16,23H,3-8,11-12H2,1-2H3. The summed E-state index contributed by atoms with van der Waals surface area (Å²) in [5, 5.41) is 3.64. The molecule has 0 saturated heterocycles. The Morgan fingerprint density at radius 1 is 0.792 bits per heavy atom. The van der Waals surface area contributed by atoms with Crippen molar-refractivity contribution >= 4 is 11.4 Å². The molecule has 3 rings (SSSR count). The first-order valence-electron chi connectivity index (χ1n) is 9.52. The third-order valence-electron chi connectivity index (χ3n) is 4.82. The molecule has 0 fully saturated rings. The number of hydrogen-bond donors (Lipinski definition) is 1. The molecular formula is C22H29NO. The molecule has 2 heteroatoms. The van der Waals surface area contributed by atoms with Crippen molar-refractivity contribution in [2.75, 3.05) is 5.32 Å². The Labute approximate surface area is 146 Å². The summed E-state index contributed by atoms with van der Waals surface area (Å²) in [6.45, 7) is 4.53. The minimum atomic E-state index is 0.920. The second-order valence-electron chi connectivity index (χ2n) is 6.71. The summed E-state index contributed by atoms with van der Waals surface area (Å²) in [7, 11) is 0. The zero-order chi connectivity index (χ0) is 16.8. The predicted octanol–water partition coefficient (Wildman–Crippen LogP) is 7.00. The van der Waals surface area contributed by atoms with Gasteiger partial charge in [-0.25, -0.2) is 0 Å². The Bertz CT molecular complexity index is 678. The average molecular weight is 323 g/mol. The van der Waals surface area contributed by atoms with Gasteiger partial charge in [-0.3, -0.25) is 0 Å². The van der Waals surface area contributed by atoms with Crippen molar-refractivity contribution in [2.45, 2.75) is 65.2 Å². The van der Waals surface area contributed by atoms with Gasteiger partial charge in [0.15, 0.2) is 11.5 Å². The molecule has 0 atom stereocenters. The van der Waals surface area contributed by atoms with Crippen LogP contribution in [0.2, 0.25) is 0 Å². The van der Waals surface area contributed by atoms with Gasteiger partial charge in [0.25, 0.3) is 0 Å². The van der Waals surface area contributed by atoms with Crippen LogP contribution in [-0.2, 0) is 12.8 Å². The molecule has 2 nitrogen and oxygen atoms in total. The van der Waals surface area contributed by atoms with E-state index in [9.17, 15) is 0 Å². The van der Waals surface area contributed by atoms with Gasteiger partial charge in [-0.2, -0.15) is 0 Å². The fraction of sp³-hybridized carbons (Fsp3) is 0.455. The molecule has 0 bridgehead atoms. The molecule has 0 spiro atoms. The minimum absolute atomic E-state index is 0.920. The van der Waals surface area contributed by atoms with Crippen LogP contribution in [0.4, 0.5) is 11.4 Å². The molecule has 0 aliphatic carbocycles. The van der Waals surface area contributed by atoms with Crippen LogP contribution in [-0.4, -0.2) is 0 Å². The zero-order valence-corrected chi connectivity index (χ0v) is 15.0. The predicted molar refractivity (Wildman–Crippen MR) is 103 cm³/mol. The minimum Gasteiger partial charge on any atom is -0.453 e. The third kappa shape index (κ3) is 3.75. The normalized spacial score (nSPS) is 12.1. The van der Waals surface area contributed by atoms with E-state index in [1.165, 1.54) is 61.8 Å². The van der Waals surface area contributed by atoms with Crippen molar-refractivity contribution in [1.82, 2.24) is 0 Å². The molecule has 0 saturated carbocycles. The van der Waals surface area contributed by atoms with Crippen molar-refractivity contribution in [3.8, 4) is 11.5 Å². The molecule has 128 valence electrons. The highest BCUT2D eigenvalue weighted by Crippen LogP contribution is 2.44. The second-order valence-corrected chi connectivity index (χ2v) is 6.71. The van der Waals surface area contributed by atoms with Gasteiger partial charge in [-0.05, 0) is 55.0 Å². The summed E-state index contributed by atoms with van der Waals surface area (Å²) in [6, 6.07) is 12.6. The van der Waals surface area contributed by atoms with Crippen LogP contribution in [0.15, 0.2) is 36.4 Å². The van der Waals surface area contributed by atoms with Crippen molar-refractivity contribution in [3.63, 3.8) is 0 Å². The Kier molecular flexibility index (Phi) is 5.79. The number of para-hydroxylation sites is 2. The van der Waals surface area contributed by atoms with Gasteiger partial charge in [0.05, 0.1) is 11.4 Å². The van der Waals surface area contributed by atoms with Crippen molar-refractivity contribution in [3.05, 3.63) is 47.5 Å². The van der Waals surface area contributed by atoms with Crippen LogP contribution in [0.5, 0.6) is 11.5 Å². The fourth-order valence-electron chi connectivity index (χ4n) is 3.44. The van der Waals surface area contributed by atoms with Crippen LogP contribution in [0.3, 0.4) is 0 Å². The lowest BCUT2D eigenvalue weighted by Crippen LogP contribution is -2.08. The van der Waals surface area contributed by atoms with E-state index in [4.69, 9.17) is 4.74 Å². The largest absolute Gasteiger partial charge is 0.453 e. The Hall–Kier alpha value is -1.96. The van der Waals surface area contributed by atoms with Crippen LogP contribution in [0.25, 0.3) is 0 Å². The molecule has 1 heterocycles. The number of unbranched alkanes of at least 4 members (excludes halogenated alkanes) is 4. The SMILES string of the molecule is CCCCCc1ccc2c(c1CCCCC)Nc1ccccc1O2. The zero-order valence-electron chi connectivity index (χ0n) is 15.0. The highest BCUT2D eigenvalue weighted by atomic mass is 16.5. The van der Waals surface area contributed by atoms with E-state index in [0.29, 0.717) is 0 Å². The van der Waals surface area contributed by atoms with E-state index in [1.807, 2.05) is 12.1 Å². The number of benzene rings is 2. The van der Waals surface area contributed by atoms with Gasteiger partial charge in [-0.15, -0.1) is 0 Å². The van der Waals surface area contributed by atoms with Gasteiger partial charge >= 0.3 is 0 Å². The van der Waals surface area contributed by atoms with Gasteiger partial charge in [-0.1, -0.05) is 57.7 Å². The summed E-state index contributed by atoms with van der Waals surface area (Å²) in [4.78, 5) is 0. The number of rotatable bonds is 8. The second kappa shape index (κ2) is 8.23. The first kappa shape index (κ1) is 16.9. The molecule has 2 aromatic carbocycles. The van der Waals surface area contributed by atoms with Crippen molar-refractivity contribution in [2.24, 2.45) is 0 Å². The number of aryl methyl sites for hydroxylation is 1. The molecule has 1 N–H and O–H groups in total. The monoisotopic (exact) mass is 323 g/mol. The maximum atomic E-state index is 6.14. The first-order valence-corrected chi connectivity index (χ1v) is 9.52. The fourth-order valence-corrected chi connectivity index (χ4v) is 3.44. The van der Waals surface area contributed by atoms with E-state index in [1.54, 1.807) is 0 Å². The average Bonchev–Trinajstić information content (AvgIpc) is 2.61. The quantitative estimate of drug-likeness (QED) is 0.450. The smallest absolute Gasteiger partial charge is 0.151 e. The molecule has 0 radical (unpaired) electrons. The van der Waals surface area contributed by atoms with Gasteiger partial charge in [0.1, 0.15) is 0 Å². The summed E-state index contributed by atoms with van der Waals surface area (Å²) in [5.74, 6) is 1.89. The topological polar surface area (TPSA) is 21.3 Å². The Morgan fingerprint density at radius 3 is 2.33 bits per heavy atom. The summed E-state index contributed by atoms with van der Waals surface area (Å²) < 4.78 is 6.14. The number of fused-ring (bicyclic) bond motifs is 2. The van der Waals surface area contributed by atoms with Crippen LogP contribution in [0, 0.1) is 0 Å². The maximum Gasteiger partial charge on any atom is 0.151 e. The highest BCUT2D eigenvalue weighted by molar-refractivity contribution is 5.78. The van der Waals surface area contributed by atoms with E-state index in [-0.39, 0.29) is 0 Å². The van der Waals surface area contributed by atoms with E-state index in [0.717, 1.165) is 23.6 Å². The summed E-state index contributed by atoms with van der Waals surface area (Å²) in [5.41, 5.74) is 5.23. The van der Waals surface area contributed by atoms with Gasteiger partial charge in [0.2, 0.25) is 0 Å². The molecule has 0 amide bonds. The summed E-state index contributed by atoms with van der Waals surface area (Å²) in [6.07, 6.45) is 9.94. The Balaban J connectivity index is 1.89. The lowest BCUT2D eigenvalue weighted by Gasteiger charge is -2.26. The van der Waals surface area contributed by atoms with E-state index >= 15 is 0 Å². The highest BCUT2D eigenvalue weighted by Gasteiger charge is 2.20. The van der Waals surface area contributed by atoms with Crippen LogP contribution < -0.4 is 10.1 Å². The number of ether oxygens (including phenoxy) is 1.